The van der Waals surface area contributed by atoms with E-state index >= 15 is 0 Å². The maximum atomic E-state index is 12.7. The van der Waals surface area contributed by atoms with Crippen molar-refractivity contribution in [3.05, 3.63) is 53.2 Å². The molecule has 0 saturated carbocycles. The topological polar surface area (TPSA) is 86.6 Å². The lowest BCUT2D eigenvalue weighted by molar-refractivity contribution is 0.0697. The van der Waals surface area contributed by atoms with Crippen molar-refractivity contribution in [2.45, 2.75) is 13.3 Å². The summed E-state index contributed by atoms with van der Waals surface area (Å²) in [6.07, 6.45) is 0.819. The van der Waals surface area contributed by atoms with Crippen molar-refractivity contribution >= 4 is 17.7 Å². The van der Waals surface area contributed by atoms with Crippen LogP contribution in [0.3, 0.4) is 0 Å². The molecule has 1 aliphatic rings. The minimum absolute atomic E-state index is 0.122. The molecule has 0 atom stereocenters. The fourth-order valence-electron chi connectivity index (χ4n) is 2.88. The molecule has 2 aromatic rings. The van der Waals surface area contributed by atoms with Gasteiger partial charge in [-0.1, -0.05) is 6.07 Å². The van der Waals surface area contributed by atoms with E-state index in [1.165, 1.54) is 12.1 Å². The Kier molecular flexibility index (Phi) is 4.92. The van der Waals surface area contributed by atoms with Gasteiger partial charge in [-0.25, -0.2) is 4.79 Å². The molecule has 0 aliphatic carbocycles. The van der Waals surface area contributed by atoms with Crippen LogP contribution in [0.25, 0.3) is 0 Å². The lowest BCUT2D eigenvalue weighted by atomic mass is 10.1. The summed E-state index contributed by atoms with van der Waals surface area (Å²) in [7, 11) is 0. The Hall–Kier alpha value is -2.96. The van der Waals surface area contributed by atoms with Gasteiger partial charge < -0.3 is 14.9 Å². The standard InChI is InChI=1S/C18H20N4O3/c1-13-6-7-16(20-19-13)21-8-3-9-22(11-10-21)17(23)14-4-2-5-15(12-14)18(24)25/h2,4-7,12H,3,8-11H2,1H3,(H,24,25). The van der Waals surface area contributed by atoms with E-state index in [-0.39, 0.29) is 11.5 Å². The van der Waals surface area contributed by atoms with Gasteiger partial charge in [-0.15, -0.1) is 5.10 Å². The Morgan fingerprint density at radius 1 is 1.00 bits per heavy atom. The van der Waals surface area contributed by atoms with Gasteiger partial charge in [0.2, 0.25) is 0 Å². The largest absolute Gasteiger partial charge is 0.478 e. The van der Waals surface area contributed by atoms with Crippen molar-refractivity contribution in [2.75, 3.05) is 31.1 Å². The summed E-state index contributed by atoms with van der Waals surface area (Å²) >= 11 is 0. The number of benzene rings is 1. The quantitative estimate of drug-likeness (QED) is 0.917. The van der Waals surface area contributed by atoms with Crippen molar-refractivity contribution in [1.82, 2.24) is 15.1 Å². The Morgan fingerprint density at radius 3 is 2.52 bits per heavy atom. The van der Waals surface area contributed by atoms with Crippen LogP contribution in [-0.4, -0.2) is 58.3 Å². The summed E-state index contributed by atoms with van der Waals surface area (Å²) in [5, 5.41) is 17.4. The molecular formula is C18H20N4O3. The van der Waals surface area contributed by atoms with E-state index in [1.807, 2.05) is 19.1 Å². The Labute approximate surface area is 145 Å². The number of amides is 1. The smallest absolute Gasteiger partial charge is 0.335 e. The molecule has 1 aliphatic heterocycles. The number of nitrogens with zero attached hydrogens (tertiary/aromatic N) is 4. The fraction of sp³-hybridized carbons (Fsp3) is 0.333. The molecule has 1 aromatic carbocycles. The van der Waals surface area contributed by atoms with Crippen LogP contribution in [0.5, 0.6) is 0 Å². The number of anilines is 1. The minimum Gasteiger partial charge on any atom is -0.478 e. The molecule has 0 radical (unpaired) electrons. The highest BCUT2D eigenvalue weighted by molar-refractivity contribution is 5.97. The molecule has 0 bridgehead atoms. The number of carbonyl (C=O) groups excluding carboxylic acids is 1. The van der Waals surface area contributed by atoms with Gasteiger partial charge in [-0.05, 0) is 43.7 Å². The number of hydrogen-bond donors (Lipinski definition) is 1. The van der Waals surface area contributed by atoms with Crippen LogP contribution < -0.4 is 4.90 Å². The van der Waals surface area contributed by atoms with E-state index in [9.17, 15) is 9.59 Å². The van der Waals surface area contributed by atoms with Gasteiger partial charge in [0.15, 0.2) is 5.82 Å². The van der Waals surface area contributed by atoms with Crippen LogP contribution in [-0.2, 0) is 0 Å². The number of aromatic carboxylic acids is 1. The van der Waals surface area contributed by atoms with Crippen molar-refractivity contribution in [2.24, 2.45) is 0 Å². The zero-order valence-corrected chi connectivity index (χ0v) is 14.1. The van der Waals surface area contributed by atoms with Gasteiger partial charge in [-0.3, -0.25) is 4.79 Å². The third-order valence-corrected chi connectivity index (χ3v) is 4.25. The molecule has 130 valence electrons. The summed E-state index contributed by atoms with van der Waals surface area (Å²) in [6, 6.07) is 10.0. The molecule has 1 fully saturated rings. The van der Waals surface area contributed by atoms with Crippen molar-refractivity contribution < 1.29 is 14.7 Å². The maximum Gasteiger partial charge on any atom is 0.335 e. The average molecular weight is 340 g/mol. The summed E-state index contributed by atoms with van der Waals surface area (Å²) in [5.41, 5.74) is 1.40. The summed E-state index contributed by atoms with van der Waals surface area (Å²) in [6.45, 7) is 4.56. The third-order valence-electron chi connectivity index (χ3n) is 4.25. The Morgan fingerprint density at radius 2 is 1.80 bits per heavy atom. The van der Waals surface area contributed by atoms with Crippen LogP contribution in [0.15, 0.2) is 36.4 Å². The maximum absolute atomic E-state index is 12.7. The number of carboxylic acid groups (broad SMARTS) is 1. The SMILES string of the molecule is Cc1ccc(N2CCCN(C(=O)c3cccc(C(=O)O)c3)CC2)nn1. The lowest BCUT2D eigenvalue weighted by Crippen LogP contribution is -2.35. The first kappa shape index (κ1) is 16.9. The molecule has 2 heterocycles. The molecule has 1 aromatic heterocycles. The van der Waals surface area contributed by atoms with Crippen LogP contribution in [0.2, 0.25) is 0 Å². The molecule has 1 saturated heterocycles. The van der Waals surface area contributed by atoms with Gasteiger partial charge in [0.25, 0.3) is 5.91 Å². The first-order valence-electron chi connectivity index (χ1n) is 8.22. The van der Waals surface area contributed by atoms with Crippen molar-refractivity contribution in [1.29, 1.82) is 0 Å². The van der Waals surface area contributed by atoms with Crippen LogP contribution in [0.1, 0.15) is 32.8 Å². The molecule has 3 rings (SSSR count). The highest BCUT2D eigenvalue weighted by atomic mass is 16.4. The van der Waals surface area contributed by atoms with Crippen LogP contribution >= 0.6 is 0 Å². The molecule has 7 nitrogen and oxygen atoms in total. The number of aromatic nitrogens is 2. The first-order valence-corrected chi connectivity index (χ1v) is 8.22. The van der Waals surface area contributed by atoms with Gasteiger partial charge in [0.05, 0.1) is 11.3 Å². The molecule has 0 spiro atoms. The predicted octanol–water partition coefficient (Wildman–Crippen LogP) is 1.84. The highest BCUT2D eigenvalue weighted by Gasteiger charge is 2.21. The van der Waals surface area contributed by atoms with Gasteiger partial charge >= 0.3 is 5.97 Å². The molecule has 1 N–H and O–H groups in total. The number of carboxylic acids is 1. The first-order chi connectivity index (χ1) is 12.0. The third kappa shape index (κ3) is 3.93. The van der Waals surface area contributed by atoms with Gasteiger partial charge in [-0.2, -0.15) is 5.10 Å². The van der Waals surface area contributed by atoms with E-state index in [2.05, 4.69) is 15.1 Å². The second kappa shape index (κ2) is 7.29. The average Bonchev–Trinajstić information content (AvgIpc) is 2.88. The molecule has 25 heavy (non-hydrogen) atoms. The monoisotopic (exact) mass is 340 g/mol. The number of hydrogen-bond acceptors (Lipinski definition) is 5. The molecule has 1 amide bonds. The van der Waals surface area contributed by atoms with Crippen molar-refractivity contribution in [3.63, 3.8) is 0 Å². The zero-order chi connectivity index (χ0) is 17.8. The Bertz CT molecular complexity index is 776. The van der Waals surface area contributed by atoms with Crippen molar-refractivity contribution in [3.8, 4) is 0 Å². The zero-order valence-electron chi connectivity index (χ0n) is 14.1. The predicted molar refractivity (Wildman–Crippen MR) is 92.9 cm³/mol. The lowest BCUT2D eigenvalue weighted by Gasteiger charge is -2.22. The van der Waals surface area contributed by atoms with Gasteiger partial charge in [0, 0.05) is 31.7 Å². The highest BCUT2D eigenvalue weighted by Crippen LogP contribution is 2.15. The van der Waals surface area contributed by atoms with E-state index in [0.29, 0.717) is 25.2 Å². The summed E-state index contributed by atoms with van der Waals surface area (Å²) < 4.78 is 0. The molecule has 7 heteroatoms. The second-order valence-electron chi connectivity index (χ2n) is 6.05. The van der Waals surface area contributed by atoms with Crippen LogP contribution in [0, 0.1) is 6.92 Å². The van der Waals surface area contributed by atoms with E-state index in [0.717, 1.165) is 24.5 Å². The fourth-order valence-corrected chi connectivity index (χ4v) is 2.88. The number of aryl methyl sites for hydroxylation is 1. The second-order valence-corrected chi connectivity index (χ2v) is 6.05. The molecule has 0 unspecified atom stereocenters. The van der Waals surface area contributed by atoms with E-state index in [4.69, 9.17) is 5.11 Å². The molecular weight excluding hydrogens is 320 g/mol. The number of carbonyl (C=O) groups is 2. The normalized spacial score (nSPS) is 14.9. The van der Waals surface area contributed by atoms with E-state index < -0.39 is 5.97 Å². The summed E-state index contributed by atoms with van der Waals surface area (Å²) in [5.74, 6) is -0.359. The Balaban J connectivity index is 1.70. The number of rotatable bonds is 3. The van der Waals surface area contributed by atoms with Crippen LogP contribution in [0.4, 0.5) is 5.82 Å². The minimum atomic E-state index is -1.03. The van der Waals surface area contributed by atoms with E-state index in [1.54, 1.807) is 17.0 Å². The van der Waals surface area contributed by atoms with Gasteiger partial charge in [0.1, 0.15) is 0 Å². The summed E-state index contributed by atoms with van der Waals surface area (Å²) in [4.78, 5) is 27.7.